The summed E-state index contributed by atoms with van der Waals surface area (Å²) in [5.74, 6) is 1.37. The first-order chi connectivity index (χ1) is 13.1. The van der Waals surface area contributed by atoms with Gasteiger partial charge in [-0.1, -0.05) is 41.9 Å². The molecule has 0 aromatic heterocycles. The highest BCUT2D eigenvalue weighted by atomic mass is 35.5. The molecule has 0 spiro atoms. The van der Waals surface area contributed by atoms with Crippen LogP contribution < -0.4 is 14.8 Å². The normalized spacial score (nSPS) is 16.9. The van der Waals surface area contributed by atoms with Crippen molar-refractivity contribution in [2.45, 2.75) is 19.4 Å². The number of ether oxygens (including phenoxy) is 2. The minimum Gasteiger partial charge on any atom is -0.495 e. The standard InChI is InChI=1S/C21H25ClN2O3/c1-26-19-12-20(27-2)18(11-17(19)22)23-21(25)10-16-8-9-24(14-16)13-15-6-4-3-5-7-15/h3-7,11-12,16H,8-10,13-14H2,1-2H3,(H,23,25)/t16-/m1/s1. The van der Waals surface area contributed by atoms with Crippen molar-refractivity contribution in [3.8, 4) is 11.5 Å². The molecule has 1 fully saturated rings. The number of rotatable bonds is 7. The van der Waals surface area contributed by atoms with Gasteiger partial charge in [-0.05, 0) is 30.5 Å². The van der Waals surface area contributed by atoms with E-state index < -0.39 is 0 Å². The third kappa shape index (κ3) is 5.15. The SMILES string of the molecule is COc1cc(OC)c(NC(=O)C[C@H]2CCN(Cc3ccccc3)C2)cc1Cl. The summed E-state index contributed by atoms with van der Waals surface area (Å²) in [6, 6.07) is 13.8. The van der Waals surface area contributed by atoms with E-state index in [1.807, 2.05) is 6.07 Å². The van der Waals surface area contributed by atoms with Gasteiger partial charge in [0.05, 0.1) is 24.9 Å². The minimum absolute atomic E-state index is 0.0268. The highest BCUT2D eigenvalue weighted by Crippen LogP contribution is 2.36. The van der Waals surface area contributed by atoms with Crippen LogP contribution in [0.4, 0.5) is 5.69 Å². The van der Waals surface area contributed by atoms with Crippen molar-refractivity contribution in [1.29, 1.82) is 0 Å². The summed E-state index contributed by atoms with van der Waals surface area (Å²) in [7, 11) is 3.09. The Morgan fingerprint density at radius 3 is 2.63 bits per heavy atom. The van der Waals surface area contributed by atoms with Crippen LogP contribution in [0.3, 0.4) is 0 Å². The molecule has 27 heavy (non-hydrogen) atoms. The average molecular weight is 389 g/mol. The number of nitrogens with zero attached hydrogens (tertiary/aromatic N) is 1. The second-order valence-corrected chi connectivity index (χ2v) is 7.22. The first kappa shape index (κ1) is 19.5. The molecule has 1 aliphatic heterocycles. The van der Waals surface area contributed by atoms with Crippen LogP contribution in [0.15, 0.2) is 42.5 Å². The van der Waals surface area contributed by atoms with Crippen LogP contribution in [0.1, 0.15) is 18.4 Å². The summed E-state index contributed by atoms with van der Waals surface area (Å²) < 4.78 is 10.5. The molecule has 5 nitrogen and oxygen atoms in total. The highest BCUT2D eigenvalue weighted by Gasteiger charge is 2.25. The van der Waals surface area contributed by atoms with E-state index in [1.54, 1.807) is 26.4 Å². The summed E-state index contributed by atoms with van der Waals surface area (Å²) in [5.41, 5.74) is 1.87. The summed E-state index contributed by atoms with van der Waals surface area (Å²) in [5, 5.41) is 3.36. The average Bonchev–Trinajstić information content (AvgIpc) is 3.09. The number of hydrogen-bond donors (Lipinski definition) is 1. The molecule has 0 radical (unpaired) electrons. The molecule has 1 aliphatic rings. The summed E-state index contributed by atoms with van der Waals surface area (Å²) in [6.07, 6.45) is 1.51. The number of nitrogens with one attached hydrogen (secondary N) is 1. The fourth-order valence-corrected chi connectivity index (χ4v) is 3.73. The quantitative estimate of drug-likeness (QED) is 0.772. The smallest absolute Gasteiger partial charge is 0.224 e. The van der Waals surface area contributed by atoms with Crippen LogP contribution >= 0.6 is 11.6 Å². The van der Waals surface area contributed by atoms with Crippen LogP contribution in [-0.4, -0.2) is 38.1 Å². The predicted octanol–water partition coefficient (Wildman–Crippen LogP) is 4.21. The van der Waals surface area contributed by atoms with E-state index in [0.29, 0.717) is 34.5 Å². The van der Waals surface area contributed by atoms with Gasteiger partial charge in [0, 0.05) is 25.6 Å². The molecular weight excluding hydrogens is 364 g/mol. The zero-order valence-corrected chi connectivity index (χ0v) is 16.5. The van der Waals surface area contributed by atoms with Crippen LogP contribution in [0, 0.1) is 5.92 Å². The number of anilines is 1. The van der Waals surface area contributed by atoms with Crippen molar-refractivity contribution in [2.24, 2.45) is 5.92 Å². The Bertz CT molecular complexity index is 782. The van der Waals surface area contributed by atoms with E-state index in [9.17, 15) is 4.79 Å². The number of amides is 1. The maximum atomic E-state index is 12.5. The van der Waals surface area contributed by atoms with E-state index in [-0.39, 0.29) is 5.91 Å². The molecule has 0 saturated carbocycles. The lowest BCUT2D eigenvalue weighted by atomic mass is 10.0. The molecule has 2 aromatic carbocycles. The molecule has 3 rings (SSSR count). The summed E-state index contributed by atoms with van der Waals surface area (Å²) >= 11 is 6.17. The molecule has 1 amide bonds. The van der Waals surface area contributed by atoms with Crippen LogP contribution in [0.2, 0.25) is 5.02 Å². The maximum Gasteiger partial charge on any atom is 0.224 e. The topological polar surface area (TPSA) is 50.8 Å². The van der Waals surface area contributed by atoms with E-state index in [1.165, 1.54) is 5.56 Å². The molecule has 1 heterocycles. The lowest BCUT2D eigenvalue weighted by Crippen LogP contribution is -2.22. The molecule has 0 bridgehead atoms. The number of benzene rings is 2. The van der Waals surface area contributed by atoms with Gasteiger partial charge >= 0.3 is 0 Å². The lowest BCUT2D eigenvalue weighted by Gasteiger charge is -2.16. The zero-order valence-electron chi connectivity index (χ0n) is 15.7. The number of carbonyl (C=O) groups excluding carboxylic acids is 1. The fourth-order valence-electron chi connectivity index (χ4n) is 3.49. The van der Waals surface area contributed by atoms with Crippen molar-refractivity contribution >= 4 is 23.2 Å². The third-order valence-corrected chi connectivity index (χ3v) is 5.14. The van der Waals surface area contributed by atoms with Gasteiger partial charge < -0.3 is 14.8 Å². The maximum absolute atomic E-state index is 12.5. The van der Waals surface area contributed by atoms with Crippen molar-refractivity contribution in [3.05, 3.63) is 53.1 Å². The predicted molar refractivity (Wildman–Crippen MR) is 108 cm³/mol. The van der Waals surface area contributed by atoms with E-state index in [2.05, 4.69) is 34.5 Å². The van der Waals surface area contributed by atoms with Crippen molar-refractivity contribution < 1.29 is 14.3 Å². The van der Waals surface area contributed by atoms with E-state index in [0.717, 1.165) is 26.1 Å². The van der Waals surface area contributed by atoms with Gasteiger partial charge in [0.2, 0.25) is 5.91 Å². The second-order valence-electron chi connectivity index (χ2n) is 6.81. The van der Waals surface area contributed by atoms with Gasteiger partial charge in [0.1, 0.15) is 11.5 Å². The van der Waals surface area contributed by atoms with Crippen molar-refractivity contribution in [1.82, 2.24) is 4.90 Å². The van der Waals surface area contributed by atoms with Crippen LogP contribution in [0.25, 0.3) is 0 Å². The summed E-state index contributed by atoms with van der Waals surface area (Å²) in [4.78, 5) is 14.9. The Balaban J connectivity index is 1.55. The van der Waals surface area contributed by atoms with Gasteiger partial charge in [-0.3, -0.25) is 9.69 Å². The van der Waals surface area contributed by atoms with E-state index in [4.69, 9.17) is 21.1 Å². The Morgan fingerprint density at radius 2 is 1.93 bits per heavy atom. The van der Waals surface area contributed by atoms with Gasteiger partial charge in [0.15, 0.2) is 0 Å². The zero-order chi connectivity index (χ0) is 19.2. The molecule has 2 aromatic rings. The molecule has 1 atom stereocenters. The van der Waals surface area contributed by atoms with E-state index >= 15 is 0 Å². The van der Waals surface area contributed by atoms with Gasteiger partial charge in [0.25, 0.3) is 0 Å². The number of halogens is 1. The molecule has 6 heteroatoms. The van der Waals surface area contributed by atoms with Crippen molar-refractivity contribution in [2.75, 3.05) is 32.6 Å². The fraction of sp³-hybridized carbons (Fsp3) is 0.381. The van der Waals surface area contributed by atoms with Crippen molar-refractivity contribution in [3.63, 3.8) is 0 Å². The largest absolute Gasteiger partial charge is 0.495 e. The van der Waals surface area contributed by atoms with Gasteiger partial charge in [-0.15, -0.1) is 0 Å². The molecule has 1 saturated heterocycles. The lowest BCUT2D eigenvalue weighted by molar-refractivity contribution is -0.117. The first-order valence-corrected chi connectivity index (χ1v) is 9.44. The molecular formula is C21H25ClN2O3. The molecule has 144 valence electrons. The molecule has 0 aliphatic carbocycles. The summed E-state index contributed by atoms with van der Waals surface area (Å²) in [6.45, 7) is 2.88. The van der Waals surface area contributed by atoms with Crippen LogP contribution in [-0.2, 0) is 11.3 Å². The number of methoxy groups -OCH3 is 2. The highest BCUT2D eigenvalue weighted by molar-refractivity contribution is 6.32. The Labute approximate surface area is 165 Å². The molecule has 0 unspecified atom stereocenters. The number of likely N-dealkylation sites (tertiary alicyclic amines) is 1. The second kappa shape index (κ2) is 9.11. The minimum atomic E-state index is -0.0268. The monoisotopic (exact) mass is 388 g/mol. The van der Waals surface area contributed by atoms with Crippen LogP contribution in [0.5, 0.6) is 11.5 Å². The Hall–Kier alpha value is -2.24. The van der Waals surface area contributed by atoms with Gasteiger partial charge in [-0.25, -0.2) is 0 Å². The Morgan fingerprint density at radius 1 is 1.19 bits per heavy atom. The molecule has 1 N–H and O–H groups in total. The number of hydrogen-bond acceptors (Lipinski definition) is 4. The first-order valence-electron chi connectivity index (χ1n) is 9.06. The third-order valence-electron chi connectivity index (χ3n) is 4.84. The Kier molecular flexibility index (Phi) is 6.58. The number of carbonyl (C=O) groups is 1. The van der Waals surface area contributed by atoms with Gasteiger partial charge in [-0.2, -0.15) is 0 Å².